The third-order valence-corrected chi connectivity index (χ3v) is 3.16. The summed E-state index contributed by atoms with van der Waals surface area (Å²) in [4.78, 5) is 0. The average Bonchev–Trinajstić information content (AvgIpc) is 1.88. The van der Waals surface area contributed by atoms with Crippen molar-refractivity contribution >= 4 is 32.8 Å². The standard InChI is InChI=1S/C7H8FISi/c8-6-2-1-5(4-10)7(9)3-6/h1-3H,4H2,10H3. The molecule has 1 aromatic carbocycles. The van der Waals surface area contributed by atoms with Gasteiger partial charge in [-0.3, -0.25) is 0 Å². The van der Waals surface area contributed by atoms with E-state index in [9.17, 15) is 4.39 Å². The van der Waals surface area contributed by atoms with Crippen molar-refractivity contribution < 1.29 is 4.39 Å². The fraction of sp³-hybridized carbons (Fsp3) is 0.143. The Morgan fingerprint density at radius 1 is 1.50 bits per heavy atom. The van der Waals surface area contributed by atoms with Crippen molar-refractivity contribution in [1.82, 2.24) is 0 Å². The molecule has 0 aliphatic heterocycles. The van der Waals surface area contributed by atoms with E-state index < -0.39 is 0 Å². The van der Waals surface area contributed by atoms with E-state index in [1.807, 2.05) is 6.07 Å². The molecule has 0 saturated carbocycles. The van der Waals surface area contributed by atoms with Gasteiger partial charge in [-0.05, 0) is 46.3 Å². The summed E-state index contributed by atoms with van der Waals surface area (Å²) in [6.45, 7) is 0. The van der Waals surface area contributed by atoms with Crippen LogP contribution in [0.3, 0.4) is 0 Å². The average molecular weight is 266 g/mol. The van der Waals surface area contributed by atoms with Crippen LogP contribution in [-0.2, 0) is 6.04 Å². The van der Waals surface area contributed by atoms with E-state index in [1.165, 1.54) is 11.6 Å². The highest BCUT2D eigenvalue weighted by Gasteiger charge is 1.97. The second-order valence-electron chi connectivity index (χ2n) is 2.09. The summed E-state index contributed by atoms with van der Waals surface area (Å²) in [5, 5.41) is 0. The Morgan fingerprint density at radius 3 is 2.70 bits per heavy atom. The zero-order valence-corrected chi connectivity index (χ0v) is 9.85. The third-order valence-electron chi connectivity index (χ3n) is 1.40. The Labute approximate surface area is 76.4 Å². The minimum absolute atomic E-state index is 0.136. The third kappa shape index (κ3) is 1.79. The summed E-state index contributed by atoms with van der Waals surface area (Å²) in [7, 11) is 1.15. The zero-order chi connectivity index (χ0) is 7.56. The van der Waals surface area contributed by atoms with Gasteiger partial charge in [0.25, 0.3) is 0 Å². The molecule has 0 N–H and O–H groups in total. The maximum absolute atomic E-state index is 12.5. The molecule has 0 heterocycles. The molecule has 54 valence electrons. The maximum atomic E-state index is 12.5. The lowest BCUT2D eigenvalue weighted by molar-refractivity contribution is 0.626. The normalized spacial score (nSPS) is 10.2. The van der Waals surface area contributed by atoms with Crippen LogP contribution in [0.25, 0.3) is 0 Å². The summed E-state index contributed by atoms with van der Waals surface area (Å²) in [6, 6.07) is 6.08. The second-order valence-corrected chi connectivity index (χ2v) is 3.96. The van der Waals surface area contributed by atoms with E-state index in [0.29, 0.717) is 0 Å². The molecule has 0 amide bonds. The molecule has 0 fully saturated rings. The van der Waals surface area contributed by atoms with Crippen LogP contribution in [0, 0.1) is 9.39 Å². The monoisotopic (exact) mass is 266 g/mol. The molecule has 0 nitrogen and oxygen atoms in total. The van der Waals surface area contributed by atoms with Gasteiger partial charge in [-0.1, -0.05) is 6.07 Å². The van der Waals surface area contributed by atoms with Crippen molar-refractivity contribution in [2.24, 2.45) is 0 Å². The number of hydrogen-bond acceptors (Lipinski definition) is 0. The maximum Gasteiger partial charge on any atom is 0.124 e. The highest BCUT2D eigenvalue weighted by molar-refractivity contribution is 14.1. The Morgan fingerprint density at radius 2 is 2.20 bits per heavy atom. The quantitative estimate of drug-likeness (QED) is 0.531. The lowest BCUT2D eigenvalue weighted by atomic mass is 10.2. The van der Waals surface area contributed by atoms with Crippen LogP contribution >= 0.6 is 22.6 Å². The number of benzene rings is 1. The largest absolute Gasteiger partial charge is 0.207 e. The first-order chi connectivity index (χ1) is 4.74. The zero-order valence-electron chi connectivity index (χ0n) is 5.70. The fourth-order valence-electron chi connectivity index (χ4n) is 0.808. The number of halogens is 2. The van der Waals surface area contributed by atoms with Gasteiger partial charge >= 0.3 is 0 Å². The van der Waals surface area contributed by atoms with Gasteiger partial charge in [-0.15, -0.1) is 0 Å². The molecule has 3 heteroatoms. The van der Waals surface area contributed by atoms with Crippen LogP contribution in [0.2, 0.25) is 0 Å². The molecule has 10 heavy (non-hydrogen) atoms. The van der Waals surface area contributed by atoms with Gasteiger partial charge in [-0.25, -0.2) is 4.39 Å². The van der Waals surface area contributed by atoms with Gasteiger partial charge in [0.05, 0.1) is 0 Å². The molecule has 0 saturated heterocycles. The van der Waals surface area contributed by atoms with Crippen molar-refractivity contribution in [2.45, 2.75) is 6.04 Å². The van der Waals surface area contributed by atoms with E-state index >= 15 is 0 Å². The second kappa shape index (κ2) is 3.48. The molecular weight excluding hydrogens is 258 g/mol. The topological polar surface area (TPSA) is 0 Å². The van der Waals surface area contributed by atoms with Crippen LogP contribution in [0.4, 0.5) is 4.39 Å². The lowest BCUT2D eigenvalue weighted by Crippen LogP contribution is -1.88. The predicted molar refractivity (Wildman–Crippen MR) is 52.8 cm³/mol. The molecular formula is C7H8FISi. The predicted octanol–water partition coefficient (Wildman–Crippen LogP) is 1.30. The molecule has 0 aromatic heterocycles. The summed E-state index contributed by atoms with van der Waals surface area (Å²) in [5.74, 6) is -0.136. The Bertz CT molecular complexity index is 237. The molecule has 1 rings (SSSR count). The molecule has 0 radical (unpaired) electrons. The highest BCUT2D eigenvalue weighted by atomic mass is 127. The SMILES string of the molecule is Fc1ccc(C[SiH3])c(I)c1. The van der Waals surface area contributed by atoms with E-state index in [4.69, 9.17) is 0 Å². The van der Waals surface area contributed by atoms with Gasteiger partial charge in [-0.2, -0.15) is 0 Å². The molecule has 0 atom stereocenters. The van der Waals surface area contributed by atoms with Crippen LogP contribution in [0.15, 0.2) is 18.2 Å². The van der Waals surface area contributed by atoms with Gasteiger partial charge in [0.1, 0.15) is 5.82 Å². The minimum atomic E-state index is -0.136. The highest BCUT2D eigenvalue weighted by Crippen LogP contribution is 2.12. The van der Waals surface area contributed by atoms with E-state index in [2.05, 4.69) is 22.6 Å². The fourth-order valence-corrected chi connectivity index (χ4v) is 3.00. The first kappa shape index (κ1) is 8.20. The Hall–Kier alpha value is 0.0969. The van der Waals surface area contributed by atoms with Crippen molar-refractivity contribution in [2.75, 3.05) is 0 Å². The van der Waals surface area contributed by atoms with Gasteiger partial charge in [0.15, 0.2) is 0 Å². The molecule has 1 aromatic rings. The smallest absolute Gasteiger partial charge is 0.124 e. The minimum Gasteiger partial charge on any atom is -0.207 e. The first-order valence-electron chi connectivity index (χ1n) is 3.18. The van der Waals surface area contributed by atoms with E-state index in [0.717, 1.165) is 19.9 Å². The van der Waals surface area contributed by atoms with Crippen molar-refractivity contribution in [3.63, 3.8) is 0 Å². The van der Waals surface area contributed by atoms with Crippen LogP contribution in [0.5, 0.6) is 0 Å². The summed E-state index contributed by atoms with van der Waals surface area (Å²) in [6.07, 6.45) is 0. The molecule has 0 spiro atoms. The number of rotatable bonds is 1. The Kier molecular flexibility index (Phi) is 2.85. The van der Waals surface area contributed by atoms with E-state index in [1.54, 1.807) is 6.07 Å². The molecule has 0 aliphatic rings. The summed E-state index contributed by atoms with van der Waals surface area (Å²) in [5.41, 5.74) is 1.27. The summed E-state index contributed by atoms with van der Waals surface area (Å²) < 4.78 is 13.5. The van der Waals surface area contributed by atoms with Gasteiger partial charge < -0.3 is 0 Å². The van der Waals surface area contributed by atoms with Crippen LogP contribution in [0.1, 0.15) is 5.56 Å². The van der Waals surface area contributed by atoms with Gasteiger partial charge in [0.2, 0.25) is 0 Å². The first-order valence-corrected chi connectivity index (χ1v) is 5.67. The molecule has 0 bridgehead atoms. The number of hydrogen-bond donors (Lipinski definition) is 0. The summed E-state index contributed by atoms with van der Waals surface area (Å²) >= 11 is 2.17. The van der Waals surface area contributed by atoms with Crippen LogP contribution < -0.4 is 0 Å². The van der Waals surface area contributed by atoms with Crippen molar-refractivity contribution in [3.05, 3.63) is 33.1 Å². The van der Waals surface area contributed by atoms with Gasteiger partial charge in [0, 0.05) is 13.8 Å². The van der Waals surface area contributed by atoms with Crippen LogP contribution in [-0.4, -0.2) is 10.2 Å². The Balaban J connectivity index is 3.07. The van der Waals surface area contributed by atoms with Crippen molar-refractivity contribution in [1.29, 1.82) is 0 Å². The molecule has 0 unspecified atom stereocenters. The lowest BCUT2D eigenvalue weighted by Gasteiger charge is -1.98. The molecule has 0 aliphatic carbocycles. The van der Waals surface area contributed by atoms with Crippen molar-refractivity contribution in [3.8, 4) is 0 Å². The van der Waals surface area contributed by atoms with E-state index in [-0.39, 0.29) is 5.82 Å².